The SMILES string of the molecule is COc1ncc(CCl)cn1.Cl. The molecule has 3 nitrogen and oxygen atoms in total. The summed E-state index contributed by atoms with van der Waals surface area (Å²) in [6.45, 7) is 0. The number of nitrogens with zero attached hydrogens (tertiary/aromatic N) is 2. The molecule has 0 bridgehead atoms. The Labute approximate surface area is 76.2 Å². The Hall–Kier alpha value is -0.540. The molecule has 5 heteroatoms. The predicted molar refractivity (Wildman–Crippen MR) is 45.4 cm³/mol. The average Bonchev–Trinajstić information content (AvgIpc) is 2.05. The van der Waals surface area contributed by atoms with Crippen LogP contribution in [0.3, 0.4) is 0 Å². The maximum absolute atomic E-state index is 5.50. The number of hydrogen-bond donors (Lipinski definition) is 0. The van der Waals surface area contributed by atoms with Crippen LogP contribution in [0.2, 0.25) is 0 Å². The Kier molecular flexibility index (Phi) is 4.90. The minimum absolute atomic E-state index is 0. The van der Waals surface area contributed by atoms with Crippen LogP contribution in [0.15, 0.2) is 12.4 Å². The molecule has 1 aromatic rings. The van der Waals surface area contributed by atoms with Crippen LogP contribution in [0.5, 0.6) is 6.01 Å². The van der Waals surface area contributed by atoms with Gasteiger partial charge in [0.25, 0.3) is 0 Å². The van der Waals surface area contributed by atoms with Crippen molar-refractivity contribution >= 4 is 24.0 Å². The Bertz CT molecular complexity index is 179. The molecule has 0 aliphatic rings. The van der Waals surface area contributed by atoms with Crippen molar-refractivity contribution in [2.75, 3.05) is 7.11 Å². The Morgan fingerprint density at radius 1 is 1.45 bits per heavy atom. The number of methoxy groups -OCH3 is 1. The van der Waals surface area contributed by atoms with Crippen molar-refractivity contribution in [3.8, 4) is 6.01 Å². The second-order valence-corrected chi connectivity index (χ2v) is 1.98. The van der Waals surface area contributed by atoms with Crippen molar-refractivity contribution < 1.29 is 4.74 Å². The molecular formula is C6H8Cl2N2O. The van der Waals surface area contributed by atoms with Crippen LogP contribution in [-0.2, 0) is 5.88 Å². The lowest BCUT2D eigenvalue weighted by molar-refractivity contribution is 0.379. The largest absolute Gasteiger partial charge is 0.467 e. The van der Waals surface area contributed by atoms with Crippen molar-refractivity contribution in [1.29, 1.82) is 0 Å². The minimum atomic E-state index is 0. The monoisotopic (exact) mass is 194 g/mol. The number of alkyl halides is 1. The zero-order chi connectivity index (χ0) is 7.40. The summed E-state index contributed by atoms with van der Waals surface area (Å²) in [6, 6.07) is 0.369. The van der Waals surface area contributed by atoms with Crippen molar-refractivity contribution in [3.05, 3.63) is 18.0 Å². The molecule has 0 aromatic carbocycles. The van der Waals surface area contributed by atoms with E-state index in [0.29, 0.717) is 11.9 Å². The lowest BCUT2D eigenvalue weighted by atomic mass is 10.4. The van der Waals surface area contributed by atoms with Gasteiger partial charge in [-0.1, -0.05) is 0 Å². The van der Waals surface area contributed by atoms with Gasteiger partial charge in [-0.05, 0) is 0 Å². The molecule has 0 radical (unpaired) electrons. The smallest absolute Gasteiger partial charge is 0.316 e. The van der Waals surface area contributed by atoms with Crippen molar-refractivity contribution in [3.63, 3.8) is 0 Å². The van der Waals surface area contributed by atoms with Gasteiger partial charge in [0.1, 0.15) is 0 Å². The van der Waals surface area contributed by atoms with E-state index in [9.17, 15) is 0 Å². The quantitative estimate of drug-likeness (QED) is 0.673. The Balaban J connectivity index is 0.000001000. The third kappa shape index (κ3) is 2.91. The first kappa shape index (κ1) is 10.5. The summed E-state index contributed by atoms with van der Waals surface area (Å²) in [6.07, 6.45) is 3.28. The Morgan fingerprint density at radius 3 is 2.36 bits per heavy atom. The minimum Gasteiger partial charge on any atom is -0.467 e. The van der Waals surface area contributed by atoms with E-state index in [-0.39, 0.29) is 12.4 Å². The summed E-state index contributed by atoms with van der Waals surface area (Å²) in [4.78, 5) is 7.70. The molecule has 0 atom stereocenters. The van der Waals surface area contributed by atoms with E-state index < -0.39 is 0 Å². The summed E-state index contributed by atoms with van der Waals surface area (Å²) in [7, 11) is 1.52. The van der Waals surface area contributed by atoms with Gasteiger partial charge in [0.2, 0.25) is 0 Å². The topological polar surface area (TPSA) is 35.0 Å². The van der Waals surface area contributed by atoms with Gasteiger partial charge in [0.15, 0.2) is 0 Å². The molecule has 0 saturated heterocycles. The number of halogens is 2. The molecule has 11 heavy (non-hydrogen) atoms. The van der Waals surface area contributed by atoms with Gasteiger partial charge in [0, 0.05) is 18.0 Å². The molecular weight excluding hydrogens is 187 g/mol. The second kappa shape index (κ2) is 5.16. The fourth-order valence-corrected chi connectivity index (χ4v) is 0.655. The molecule has 0 aliphatic carbocycles. The molecule has 0 amide bonds. The molecule has 0 unspecified atom stereocenters. The normalized spacial score (nSPS) is 8.55. The third-order valence-electron chi connectivity index (χ3n) is 1.02. The highest BCUT2D eigenvalue weighted by molar-refractivity contribution is 6.17. The van der Waals surface area contributed by atoms with Gasteiger partial charge in [-0.3, -0.25) is 0 Å². The first-order valence-electron chi connectivity index (χ1n) is 2.77. The molecule has 1 heterocycles. The van der Waals surface area contributed by atoms with Gasteiger partial charge >= 0.3 is 6.01 Å². The standard InChI is InChI=1S/C6H7ClN2O.ClH/c1-10-6-8-3-5(2-7)4-9-6;/h3-4H,2H2,1H3;1H. The van der Waals surface area contributed by atoms with Crippen LogP contribution in [0.25, 0.3) is 0 Å². The van der Waals surface area contributed by atoms with E-state index in [1.165, 1.54) is 7.11 Å². The summed E-state index contributed by atoms with van der Waals surface area (Å²) in [5, 5.41) is 0. The average molecular weight is 195 g/mol. The van der Waals surface area contributed by atoms with Crippen LogP contribution in [0, 0.1) is 0 Å². The van der Waals surface area contributed by atoms with Crippen LogP contribution >= 0.6 is 24.0 Å². The summed E-state index contributed by atoms with van der Waals surface area (Å²) in [5.74, 6) is 0.435. The highest BCUT2D eigenvalue weighted by Gasteiger charge is 1.93. The first-order chi connectivity index (χ1) is 4.86. The van der Waals surface area contributed by atoms with Crippen molar-refractivity contribution in [1.82, 2.24) is 9.97 Å². The zero-order valence-corrected chi connectivity index (χ0v) is 7.52. The number of aromatic nitrogens is 2. The van der Waals surface area contributed by atoms with Crippen LogP contribution in [-0.4, -0.2) is 17.1 Å². The fourth-order valence-electron chi connectivity index (χ4n) is 0.517. The number of hydrogen-bond acceptors (Lipinski definition) is 3. The predicted octanol–water partition coefficient (Wildman–Crippen LogP) is 1.65. The van der Waals surface area contributed by atoms with E-state index in [2.05, 4.69) is 9.97 Å². The van der Waals surface area contributed by atoms with Gasteiger partial charge in [0.05, 0.1) is 13.0 Å². The molecule has 0 fully saturated rings. The van der Waals surface area contributed by atoms with Crippen LogP contribution in [0.1, 0.15) is 5.56 Å². The second-order valence-electron chi connectivity index (χ2n) is 1.71. The van der Waals surface area contributed by atoms with E-state index in [1.807, 2.05) is 0 Å². The van der Waals surface area contributed by atoms with E-state index >= 15 is 0 Å². The lowest BCUT2D eigenvalue weighted by Crippen LogP contribution is -1.91. The summed E-state index contributed by atoms with van der Waals surface area (Å²) >= 11 is 5.50. The first-order valence-corrected chi connectivity index (χ1v) is 3.31. The highest BCUT2D eigenvalue weighted by Crippen LogP contribution is 2.03. The summed E-state index contributed by atoms with van der Waals surface area (Å²) < 4.78 is 4.75. The maximum atomic E-state index is 5.50. The van der Waals surface area contributed by atoms with Gasteiger partial charge in [-0.2, -0.15) is 0 Å². The molecule has 0 spiro atoms. The van der Waals surface area contributed by atoms with Crippen molar-refractivity contribution in [2.24, 2.45) is 0 Å². The Morgan fingerprint density at radius 2 is 2.00 bits per heavy atom. The number of ether oxygens (including phenoxy) is 1. The van der Waals surface area contributed by atoms with Crippen molar-refractivity contribution in [2.45, 2.75) is 5.88 Å². The third-order valence-corrected chi connectivity index (χ3v) is 1.33. The fraction of sp³-hybridized carbons (Fsp3) is 0.333. The summed E-state index contributed by atoms with van der Waals surface area (Å²) in [5.41, 5.74) is 0.891. The maximum Gasteiger partial charge on any atom is 0.316 e. The number of rotatable bonds is 2. The van der Waals surface area contributed by atoms with Gasteiger partial charge < -0.3 is 4.74 Å². The van der Waals surface area contributed by atoms with Crippen LogP contribution in [0.4, 0.5) is 0 Å². The zero-order valence-electron chi connectivity index (χ0n) is 5.95. The molecule has 1 aromatic heterocycles. The lowest BCUT2D eigenvalue weighted by Gasteiger charge is -1.95. The van der Waals surface area contributed by atoms with Gasteiger partial charge in [-0.25, -0.2) is 9.97 Å². The molecule has 62 valence electrons. The van der Waals surface area contributed by atoms with E-state index in [1.54, 1.807) is 12.4 Å². The molecule has 1 rings (SSSR count). The van der Waals surface area contributed by atoms with Gasteiger partial charge in [-0.15, -0.1) is 24.0 Å². The highest BCUT2D eigenvalue weighted by atomic mass is 35.5. The van der Waals surface area contributed by atoms with E-state index in [0.717, 1.165) is 5.56 Å². The molecule has 0 aliphatic heterocycles. The molecule has 0 saturated carbocycles. The molecule has 0 N–H and O–H groups in total. The van der Waals surface area contributed by atoms with Crippen LogP contribution < -0.4 is 4.74 Å². The van der Waals surface area contributed by atoms with E-state index in [4.69, 9.17) is 16.3 Å².